The van der Waals surface area contributed by atoms with Crippen LogP contribution in [0.1, 0.15) is 34.0 Å². The Morgan fingerprint density at radius 1 is 0.974 bits per heavy atom. The lowest BCUT2D eigenvalue weighted by molar-refractivity contribution is 0.0165. The topological polar surface area (TPSA) is 73.7 Å². The molecule has 0 aromatic heterocycles. The number of nitrogens with zero attached hydrogens (tertiary/aromatic N) is 1. The van der Waals surface area contributed by atoms with Gasteiger partial charge in [0.25, 0.3) is 11.8 Å². The second-order valence-electron chi connectivity index (χ2n) is 9.31. The van der Waals surface area contributed by atoms with E-state index in [1.807, 2.05) is 42.5 Å². The van der Waals surface area contributed by atoms with Gasteiger partial charge in [-0.25, -0.2) is 8.78 Å². The van der Waals surface area contributed by atoms with E-state index < -0.39 is 11.8 Å². The summed E-state index contributed by atoms with van der Waals surface area (Å²) in [6.07, 6.45) is 1.71. The van der Waals surface area contributed by atoms with Gasteiger partial charge < -0.3 is 15.7 Å². The van der Waals surface area contributed by atoms with Crippen molar-refractivity contribution in [3.8, 4) is 16.9 Å². The van der Waals surface area contributed by atoms with Gasteiger partial charge in [-0.05, 0) is 65.4 Å². The molecule has 1 heterocycles. The highest BCUT2D eigenvalue weighted by Gasteiger charge is 2.29. The van der Waals surface area contributed by atoms with Gasteiger partial charge in [-0.1, -0.05) is 54.0 Å². The number of carbonyl (C=O) groups is 1. The van der Waals surface area contributed by atoms with Crippen LogP contribution in [0.15, 0.2) is 102 Å². The first-order valence-corrected chi connectivity index (χ1v) is 12.3. The van der Waals surface area contributed by atoms with E-state index in [0.717, 1.165) is 29.3 Å². The molecule has 2 bridgehead atoms. The highest BCUT2D eigenvalue weighted by molar-refractivity contribution is 6.42. The molecule has 4 aromatic rings. The number of phenols is 1. The molecule has 2 radical (unpaired) electrons. The molecule has 0 atom stereocenters. The molecule has 3 N–H and O–H groups in total. The molecule has 0 spiro atoms. The maximum Gasteiger partial charge on any atom is 0.271 e. The number of hydrogen-bond acceptors (Lipinski definition) is 4. The molecule has 1 aliphatic rings. The summed E-state index contributed by atoms with van der Waals surface area (Å²) in [4.78, 5) is 17.5. The van der Waals surface area contributed by atoms with Gasteiger partial charge in [0, 0.05) is 29.3 Å². The first-order valence-electron chi connectivity index (χ1n) is 12.3. The number of nitrogens with one attached hydrogen (secondary N) is 2. The fraction of sp³-hybridized carbons (Fsp3) is 0.0968. The van der Waals surface area contributed by atoms with Crippen molar-refractivity contribution >= 4 is 30.6 Å². The van der Waals surface area contributed by atoms with Crippen LogP contribution in [0.3, 0.4) is 0 Å². The van der Waals surface area contributed by atoms with E-state index in [-0.39, 0.29) is 16.9 Å². The normalized spacial score (nSPS) is 12.9. The second kappa shape index (κ2) is 10.6. The van der Waals surface area contributed by atoms with Crippen molar-refractivity contribution in [3.63, 3.8) is 0 Å². The van der Waals surface area contributed by atoms with Gasteiger partial charge in [-0.2, -0.15) is 0 Å². The Hall–Kier alpha value is -4.72. The number of alkyl halides is 2. The first-order chi connectivity index (χ1) is 18.7. The van der Waals surface area contributed by atoms with Gasteiger partial charge in [-0.15, -0.1) is 0 Å². The molecule has 8 heteroatoms. The molecule has 1 amide bonds. The van der Waals surface area contributed by atoms with E-state index in [1.54, 1.807) is 36.5 Å². The summed E-state index contributed by atoms with van der Waals surface area (Å²) in [5, 5.41) is 17.0. The lowest BCUT2D eigenvalue weighted by atomic mass is 9.88. The van der Waals surface area contributed by atoms with E-state index in [0.29, 0.717) is 28.6 Å². The maximum absolute atomic E-state index is 13.9. The second-order valence-corrected chi connectivity index (χ2v) is 9.31. The van der Waals surface area contributed by atoms with E-state index in [2.05, 4.69) is 10.6 Å². The minimum Gasteiger partial charge on any atom is -0.507 e. The van der Waals surface area contributed by atoms with E-state index in [4.69, 9.17) is 12.8 Å². The van der Waals surface area contributed by atoms with Crippen LogP contribution in [0.4, 0.5) is 20.2 Å². The van der Waals surface area contributed by atoms with Crippen molar-refractivity contribution in [1.82, 2.24) is 0 Å². The van der Waals surface area contributed by atoms with Crippen molar-refractivity contribution in [2.75, 3.05) is 10.6 Å². The number of benzene rings is 3. The molecule has 0 fully saturated rings. The third-order valence-corrected chi connectivity index (χ3v) is 6.40. The summed E-state index contributed by atoms with van der Waals surface area (Å²) in [7, 11) is 6.15. The zero-order valence-corrected chi connectivity index (χ0v) is 21.1. The molecule has 5 rings (SSSR count). The number of rotatable bonds is 6. The fourth-order valence-electron chi connectivity index (χ4n) is 4.36. The van der Waals surface area contributed by atoms with Crippen molar-refractivity contribution in [1.29, 1.82) is 0 Å². The van der Waals surface area contributed by atoms with Gasteiger partial charge >= 0.3 is 0 Å². The van der Waals surface area contributed by atoms with Crippen LogP contribution in [-0.2, 0) is 12.5 Å². The van der Waals surface area contributed by atoms with Gasteiger partial charge in [0.05, 0.1) is 17.6 Å². The molecule has 1 aliphatic heterocycles. The number of amides is 1. The van der Waals surface area contributed by atoms with Crippen LogP contribution in [0.25, 0.3) is 16.6 Å². The molecule has 39 heavy (non-hydrogen) atoms. The Kier molecular flexibility index (Phi) is 7.02. The van der Waals surface area contributed by atoms with E-state index in [1.165, 1.54) is 18.2 Å². The average molecular weight is 519 g/mol. The van der Waals surface area contributed by atoms with Crippen LogP contribution < -0.4 is 16.0 Å². The van der Waals surface area contributed by atoms with E-state index in [9.17, 15) is 18.7 Å². The Bertz CT molecular complexity index is 1660. The summed E-state index contributed by atoms with van der Waals surface area (Å²) < 4.78 is 27.9. The SMILES string of the molecule is [B]C1=CNc2cc1cc(-c1ccccc1O)cc2=NCc1ccc(NC(=O)c2ccccc2C(C)(F)F)cc1. The van der Waals surface area contributed by atoms with Gasteiger partial charge in [0.15, 0.2) is 0 Å². The van der Waals surface area contributed by atoms with Crippen molar-refractivity contribution in [2.24, 2.45) is 4.99 Å². The zero-order chi connectivity index (χ0) is 27.6. The van der Waals surface area contributed by atoms with Crippen LogP contribution in [0.5, 0.6) is 5.75 Å². The standard InChI is InChI=1S/C31H24BF2N3O2/c1-31(33,34)25-8-4-2-7-24(25)30(39)37-22-12-10-19(11-13-22)17-35-27-15-20(23-6-3-5-9-29(23)38)14-21-16-28(27)36-18-26(21)32/h2-16,18,36,38H,17H2,1H3,(H,37,39). The van der Waals surface area contributed by atoms with Crippen molar-refractivity contribution in [3.05, 3.63) is 125 Å². The number of aromatic hydroxyl groups is 1. The minimum absolute atomic E-state index is 0.0724. The smallest absolute Gasteiger partial charge is 0.271 e. The molecular formula is C31H24BF2N3O2. The predicted molar refractivity (Wildman–Crippen MR) is 151 cm³/mol. The number of halogens is 2. The number of anilines is 2. The maximum atomic E-state index is 13.9. The summed E-state index contributed by atoms with van der Waals surface area (Å²) in [5.74, 6) is -3.59. The highest BCUT2D eigenvalue weighted by atomic mass is 19.3. The summed E-state index contributed by atoms with van der Waals surface area (Å²) in [6, 6.07) is 25.5. The first kappa shape index (κ1) is 25.9. The lowest BCUT2D eigenvalue weighted by Crippen LogP contribution is -2.19. The van der Waals surface area contributed by atoms with Crippen molar-refractivity contribution in [2.45, 2.75) is 19.4 Å². The predicted octanol–water partition coefficient (Wildman–Crippen LogP) is 6.42. The number of carbonyl (C=O) groups excluding carboxylic acids is 1. The molecule has 192 valence electrons. The summed E-state index contributed by atoms with van der Waals surface area (Å²) in [6.45, 7) is 1.11. The Morgan fingerprint density at radius 3 is 2.44 bits per heavy atom. The van der Waals surface area contributed by atoms with Gasteiger partial charge in [0.2, 0.25) is 0 Å². The Labute approximate surface area is 226 Å². The van der Waals surface area contributed by atoms with Crippen LogP contribution in [0.2, 0.25) is 0 Å². The summed E-state index contributed by atoms with van der Waals surface area (Å²) in [5.41, 5.74) is 4.55. The van der Waals surface area contributed by atoms with E-state index >= 15 is 0 Å². The number of fused-ring (bicyclic) bond motifs is 2. The molecule has 0 saturated heterocycles. The van der Waals surface area contributed by atoms with Crippen LogP contribution in [0, 0.1) is 0 Å². The molecule has 0 aliphatic carbocycles. The molecule has 0 saturated carbocycles. The number of para-hydroxylation sites is 1. The number of hydrogen-bond donors (Lipinski definition) is 3. The average Bonchev–Trinajstić information content (AvgIpc) is 3.07. The lowest BCUT2D eigenvalue weighted by Gasteiger charge is -2.15. The Balaban J connectivity index is 1.40. The quantitative estimate of drug-likeness (QED) is 0.258. The monoisotopic (exact) mass is 519 g/mol. The molecule has 4 aromatic carbocycles. The molecule has 5 nitrogen and oxygen atoms in total. The number of phenolic OH excluding ortho intramolecular Hbond substituents is 1. The largest absolute Gasteiger partial charge is 0.507 e. The summed E-state index contributed by atoms with van der Waals surface area (Å²) >= 11 is 0. The molecular weight excluding hydrogens is 495 g/mol. The minimum atomic E-state index is -3.14. The Morgan fingerprint density at radius 2 is 1.69 bits per heavy atom. The third kappa shape index (κ3) is 5.75. The van der Waals surface area contributed by atoms with Crippen molar-refractivity contribution < 1.29 is 18.7 Å². The van der Waals surface area contributed by atoms with Crippen LogP contribution in [-0.4, -0.2) is 18.9 Å². The zero-order valence-electron chi connectivity index (χ0n) is 21.1. The van der Waals surface area contributed by atoms with Gasteiger partial charge in [0.1, 0.15) is 13.6 Å². The fourth-order valence-corrected chi connectivity index (χ4v) is 4.36. The highest BCUT2D eigenvalue weighted by Crippen LogP contribution is 2.31. The van der Waals surface area contributed by atoms with Crippen LogP contribution >= 0.6 is 0 Å². The molecule has 0 unspecified atom stereocenters. The third-order valence-electron chi connectivity index (χ3n) is 6.40. The van der Waals surface area contributed by atoms with Gasteiger partial charge in [-0.3, -0.25) is 9.79 Å².